The van der Waals surface area contributed by atoms with E-state index in [2.05, 4.69) is 20.4 Å². The van der Waals surface area contributed by atoms with Gasteiger partial charge in [0.15, 0.2) is 5.13 Å². The lowest BCUT2D eigenvalue weighted by molar-refractivity contribution is 0.461. The third-order valence-corrected chi connectivity index (χ3v) is 6.16. The Morgan fingerprint density at radius 1 is 1.10 bits per heavy atom. The van der Waals surface area contributed by atoms with E-state index in [0.29, 0.717) is 11.9 Å². The molecule has 0 amide bonds. The molecule has 1 aromatic carbocycles. The first kappa shape index (κ1) is 18.1. The van der Waals surface area contributed by atoms with E-state index in [-0.39, 0.29) is 0 Å². The van der Waals surface area contributed by atoms with Crippen LogP contribution in [0.15, 0.2) is 42.9 Å². The zero-order chi connectivity index (χ0) is 19.6. The summed E-state index contributed by atoms with van der Waals surface area (Å²) >= 11 is 1.67. The van der Waals surface area contributed by atoms with Gasteiger partial charge in [-0.1, -0.05) is 30.6 Å². The van der Waals surface area contributed by atoms with E-state index in [1.54, 1.807) is 34.6 Å². The number of ether oxygens (including phenoxy) is 1. The summed E-state index contributed by atoms with van der Waals surface area (Å²) in [5.41, 5.74) is 2.59. The van der Waals surface area contributed by atoms with Crippen molar-refractivity contribution in [2.75, 3.05) is 5.32 Å². The van der Waals surface area contributed by atoms with E-state index in [9.17, 15) is 0 Å². The summed E-state index contributed by atoms with van der Waals surface area (Å²) in [5.74, 6) is 1.18. The van der Waals surface area contributed by atoms with Crippen LogP contribution in [0, 0.1) is 0 Å². The minimum absolute atomic E-state index is 0.452. The van der Waals surface area contributed by atoms with E-state index in [1.807, 2.05) is 31.3 Å². The zero-order valence-corrected chi connectivity index (χ0v) is 17.0. The number of aromatic nitrogens is 5. The molecule has 5 rings (SSSR count). The molecule has 0 atom stereocenters. The Morgan fingerprint density at radius 3 is 2.83 bits per heavy atom. The quantitative estimate of drug-likeness (QED) is 0.501. The second kappa shape index (κ2) is 7.79. The van der Waals surface area contributed by atoms with Crippen molar-refractivity contribution < 1.29 is 4.74 Å². The molecule has 3 aromatic heterocycles. The Morgan fingerprint density at radius 2 is 2.00 bits per heavy atom. The van der Waals surface area contributed by atoms with E-state index >= 15 is 0 Å². The maximum Gasteiger partial charge on any atom is 0.238 e. The van der Waals surface area contributed by atoms with Gasteiger partial charge in [-0.3, -0.25) is 9.67 Å². The van der Waals surface area contributed by atoms with Crippen LogP contribution in [0.3, 0.4) is 0 Å². The van der Waals surface area contributed by atoms with Gasteiger partial charge in [-0.15, -0.1) is 0 Å². The van der Waals surface area contributed by atoms with Crippen molar-refractivity contribution in [1.29, 1.82) is 0 Å². The molecular formula is C21H22N6OS. The fraction of sp³-hybridized carbons (Fsp3) is 0.333. The lowest BCUT2D eigenvalue weighted by Crippen LogP contribution is -2.21. The summed E-state index contributed by atoms with van der Waals surface area (Å²) in [4.78, 5) is 13.6. The van der Waals surface area contributed by atoms with Crippen LogP contribution >= 0.6 is 11.3 Å². The van der Waals surface area contributed by atoms with Crippen molar-refractivity contribution in [2.24, 2.45) is 7.05 Å². The molecule has 4 aromatic rings. The van der Waals surface area contributed by atoms with E-state index in [4.69, 9.17) is 9.72 Å². The predicted molar refractivity (Wildman–Crippen MR) is 114 cm³/mol. The van der Waals surface area contributed by atoms with Gasteiger partial charge in [0.1, 0.15) is 11.4 Å². The largest absolute Gasteiger partial charge is 0.437 e. The summed E-state index contributed by atoms with van der Waals surface area (Å²) in [6.07, 6.45) is 11.5. The second-order valence-corrected chi connectivity index (χ2v) is 8.34. The van der Waals surface area contributed by atoms with Crippen molar-refractivity contribution in [3.05, 3.63) is 42.9 Å². The Balaban J connectivity index is 1.35. The van der Waals surface area contributed by atoms with Crippen LogP contribution in [0.5, 0.6) is 11.6 Å². The number of benzene rings is 1. The van der Waals surface area contributed by atoms with Gasteiger partial charge in [-0.05, 0) is 31.0 Å². The first-order chi connectivity index (χ1) is 14.2. The van der Waals surface area contributed by atoms with Crippen LogP contribution in [0.1, 0.15) is 32.1 Å². The van der Waals surface area contributed by atoms with Crippen molar-refractivity contribution in [3.63, 3.8) is 0 Å². The monoisotopic (exact) mass is 406 g/mol. The number of nitrogens with zero attached hydrogens (tertiary/aromatic N) is 5. The van der Waals surface area contributed by atoms with Crippen molar-refractivity contribution in [1.82, 2.24) is 24.7 Å². The van der Waals surface area contributed by atoms with Crippen molar-refractivity contribution >= 4 is 26.7 Å². The van der Waals surface area contributed by atoms with Crippen molar-refractivity contribution in [2.45, 2.75) is 38.1 Å². The topological polar surface area (TPSA) is 77.8 Å². The predicted octanol–water partition coefficient (Wildman–Crippen LogP) is 5.02. The highest BCUT2D eigenvalue weighted by Gasteiger charge is 2.15. The molecule has 1 aliphatic carbocycles. The third-order valence-electron chi connectivity index (χ3n) is 5.21. The molecule has 0 saturated heterocycles. The summed E-state index contributed by atoms with van der Waals surface area (Å²) < 4.78 is 8.84. The third kappa shape index (κ3) is 3.93. The minimum Gasteiger partial charge on any atom is -0.437 e. The molecule has 1 fully saturated rings. The Hall–Kier alpha value is -3.00. The number of nitrogens with one attached hydrogen (secondary N) is 1. The molecule has 1 saturated carbocycles. The molecule has 8 heteroatoms. The molecule has 3 heterocycles. The normalized spacial score (nSPS) is 14.9. The maximum atomic E-state index is 5.98. The van der Waals surface area contributed by atoms with Gasteiger partial charge in [-0.25, -0.2) is 9.97 Å². The van der Waals surface area contributed by atoms with Gasteiger partial charge in [0.2, 0.25) is 5.88 Å². The summed E-state index contributed by atoms with van der Waals surface area (Å²) in [5, 5.41) is 8.77. The molecule has 7 nitrogen and oxygen atoms in total. The fourth-order valence-corrected chi connectivity index (χ4v) is 4.69. The van der Waals surface area contributed by atoms with Crippen LogP contribution in [-0.2, 0) is 7.05 Å². The van der Waals surface area contributed by atoms with Gasteiger partial charge in [-0.2, -0.15) is 5.10 Å². The molecule has 0 radical (unpaired) electrons. The average Bonchev–Trinajstić information content (AvgIpc) is 3.34. The Bertz CT molecular complexity index is 1130. The summed E-state index contributed by atoms with van der Waals surface area (Å²) in [6, 6.07) is 8.37. The minimum atomic E-state index is 0.452. The standard InChI is InChI=1S/C21H22N6OS/c1-27-18(9-10-23-27)17-12-22-13-20(25-17)28-15-7-8-16-19(11-15)29-21(26-16)24-14-5-3-2-4-6-14/h7-14H,2-6H2,1H3,(H,24,26). The molecule has 148 valence electrons. The molecular weight excluding hydrogens is 384 g/mol. The lowest BCUT2D eigenvalue weighted by atomic mass is 9.96. The van der Waals surface area contributed by atoms with Gasteiger partial charge in [0, 0.05) is 25.4 Å². The van der Waals surface area contributed by atoms with Crippen LogP contribution in [0.25, 0.3) is 21.6 Å². The van der Waals surface area contributed by atoms with E-state index in [0.717, 1.165) is 32.5 Å². The highest BCUT2D eigenvalue weighted by Crippen LogP contribution is 2.32. The van der Waals surface area contributed by atoms with Gasteiger partial charge < -0.3 is 10.1 Å². The number of hydrogen-bond acceptors (Lipinski definition) is 7. The number of anilines is 1. The van der Waals surface area contributed by atoms with Crippen LogP contribution in [-0.4, -0.2) is 30.8 Å². The van der Waals surface area contributed by atoms with Crippen LogP contribution in [0.2, 0.25) is 0 Å². The molecule has 1 aliphatic rings. The number of hydrogen-bond donors (Lipinski definition) is 1. The average molecular weight is 407 g/mol. The Labute approximate surface area is 172 Å². The SMILES string of the molecule is Cn1nccc1-c1cncc(Oc2ccc3nc(NC4CCCCC4)sc3c2)n1. The van der Waals surface area contributed by atoms with Crippen molar-refractivity contribution in [3.8, 4) is 23.0 Å². The van der Waals surface area contributed by atoms with Gasteiger partial charge in [0.05, 0.1) is 28.3 Å². The number of fused-ring (bicyclic) bond motifs is 1. The summed E-state index contributed by atoms with van der Waals surface area (Å²) in [6.45, 7) is 0. The highest BCUT2D eigenvalue weighted by molar-refractivity contribution is 7.22. The lowest BCUT2D eigenvalue weighted by Gasteiger charge is -2.22. The molecule has 1 N–H and O–H groups in total. The number of rotatable bonds is 5. The molecule has 0 aliphatic heterocycles. The van der Waals surface area contributed by atoms with E-state index < -0.39 is 0 Å². The van der Waals surface area contributed by atoms with Gasteiger partial charge >= 0.3 is 0 Å². The first-order valence-electron chi connectivity index (χ1n) is 9.90. The highest BCUT2D eigenvalue weighted by atomic mass is 32.1. The van der Waals surface area contributed by atoms with Crippen LogP contribution < -0.4 is 10.1 Å². The Kier molecular flexibility index (Phi) is 4.85. The molecule has 29 heavy (non-hydrogen) atoms. The molecule has 0 spiro atoms. The smallest absolute Gasteiger partial charge is 0.238 e. The number of thiazole rings is 1. The summed E-state index contributed by atoms with van der Waals surface area (Å²) in [7, 11) is 1.88. The maximum absolute atomic E-state index is 5.98. The molecule has 0 bridgehead atoms. The van der Waals surface area contributed by atoms with Gasteiger partial charge in [0.25, 0.3) is 0 Å². The van der Waals surface area contributed by atoms with E-state index in [1.165, 1.54) is 32.1 Å². The van der Waals surface area contributed by atoms with Crippen LogP contribution in [0.4, 0.5) is 5.13 Å². The fourth-order valence-electron chi connectivity index (χ4n) is 3.72. The second-order valence-electron chi connectivity index (χ2n) is 7.31. The first-order valence-corrected chi connectivity index (χ1v) is 10.7. The molecule has 0 unspecified atom stereocenters. The number of aryl methyl sites for hydroxylation is 1. The zero-order valence-electron chi connectivity index (χ0n) is 16.2.